The van der Waals surface area contributed by atoms with Crippen molar-refractivity contribution in [3.8, 4) is 22.3 Å². The van der Waals surface area contributed by atoms with E-state index in [0.717, 1.165) is 16.4 Å². The lowest BCUT2D eigenvalue weighted by Crippen LogP contribution is -2.05. The summed E-state index contributed by atoms with van der Waals surface area (Å²) in [6.07, 6.45) is 0. The number of hydrogen-bond acceptors (Lipinski definition) is 1. The first-order chi connectivity index (χ1) is 18.5. The minimum atomic E-state index is -2.55. The maximum atomic E-state index is 13.6. The average molecular weight is 507 g/mol. The van der Waals surface area contributed by atoms with Crippen LogP contribution in [0.4, 0.5) is 0 Å². The first-order valence-electron chi connectivity index (χ1n) is 13.0. The van der Waals surface area contributed by atoms with Crippen molar-refractivity contribution in [2.45, 2.75) is 0 Å². The van der Waals surface area contributed by atoms with Gasteiger partial charge in [-0.2, -0.15) is 0 Å². The third-order valence-electron chi connectivity index (χ3n) is 7.66. The molecular formula is C36H27OP. The van der Waals surface area contributed by atoms with Gasteiger partial charge < -0.3 is 4.57 Å². The van der Waals surface area contributed by atoms with Crippen molar-refractivity contribution < 1.29 is 4.57 Å². The lowest BCUT2D eigenvalue weighted by atomic mass is 9.88. The van der Waals surface area contributed by atoms with Crippen molar-refractivity contribution in [1.82, 2.24) is 0 Å². The predicted octanol–water partition coefficient (Wildman–Crippen LogP) is 9.88. The van der Waals surface area contributed by atoms with Gasteiger partial charge in [0.25, 0.3) is 0 Å². The number of rotatable bonds is 3. The largest absolute Gasteiger partial charge is 0.319 e. The summed E-state index contributed by atoms with van der Waals surface area (Å²) in [5.74, 6) is 0. The molecule has 0 unspecified atom stereocenters. The monoisotopic (exact) mass is 506 g/mol. The Morgan fingerprint density at radius 3 is 1.05 bits per heavy atom. The van der Waals surface area contributed by atoms with Gasteiger partial charge in [0.2, 0.25) is 0 Å². The summed E-state index contributed by atoms with van der Waals surface area (Å²) in [7, 11) is -2.55. The molecule has 0 aliphatic heterocycles. The van der Waals surface area contributed by atoms with Crippen molar-refractivity contribution in [2.24, 2.45) is 0 Å². The average Bonchev–Trinajstić information content (AvgIpc) is 2.93. The Labute approximate surface area is 222 Å². The lowest BCUT2D eigenvalue weighted by Gasteiger charge is -2.18. The molecule has 0 heterocycles. The molecule has 0 amide bonds. The zero-order chi connectivity index (χ0) is 25.9. The first kappa shape index (κ1) is 23.0. The molecule has 38 heavy (non-hydrogen) atoms. The third kappa shape index (κ3) is 3.74. The molecule has 0 N–H and O–H groups in total. The second kappa shape index (κ2) is 8.69. The molecule has 0 aliphatic carbocycles. The molecule has 0 aliphatic rings. The van der Waals surface area contributed by atoms with Gasteiger partial charge >= 0.3 is 0 Å². The van der Waals surface area contributed by atoms with E-state index in [1.54, 1.807) is 0 Å². The van der Waals surface area contributed by atoms with Gasteiger partial charge in [-0.1, -0.05) is 97.1 Å². The van der Waals surface area contributed by atoms with Gasteiger partial charge in [0.15, 0.2) is 0 Å². The van der Waals surface area contributed by atoms with Crippen LogP contribution in [0.2, 0.25) is 0 Å². The van der Waals surface area contributed by atoms with E-state index >= 15 is 0 Å². The molecule has 0 spiro atoms. The van der Waals surface area contributed by atoms with Crippen LogP contribution in [0.3, 0.4) is 0 Å². The van der Waals surface area contributed by atoms with Gasteiger partial charge in [-0.05, 0) is 109 Å². The Bertz CT molecular complexity index is 1830. The Balaban J connectivity index is 1.65. The molecule has 0 aromatic heterocycles. The SMILES string of the molecule is CP(C)(=O)c1cc(-c2c3ccccc3cc3ccccc23)cc(-c2c3ccccc3cc3ccccc23)c1. The van der Waals surface area contributed by atoms with Crippen LogP contribution in [0.25, 0.3) is 65.3 Å². The highest BCUT2D eigenvalue weighted by molar-refractivity contribution is 7.70. The Morgan fingerprint density at radius 1 is 0.421 bits per heavy atom. The molecule has 0 radical (unpaired) electrons. The quantitative estimate of drug-likeness (QED) is 0.172. The summed E-state index contributed by atoms with van der Waals surface area (Å²) in [4.78, 5) is 0. The van der Waals surface area contributed by atoms with E-state index in [-0.39, 0.29) is 0 Å². The summed E-state index contributed by atoms with van der Waals surface area (Å²) >= 11 is 0. The van der Waals surface area contributed by atoms with Crippen LogP contribution in [0.1, 0.15) is 0 Å². The van der Waals surface area contributed by atoms with Crippen molar-refractivity contribution in [3.05, 3.63) is 127 Å². The third-order valence-corrected chi connectivity index (χ3v) is 9.16. The minimum absolute atomic E-state index is 0.902. The van der Waals surface area contributed by atoms with E-state index in [1.807, 2.05) is 13.3 Å². The van der Waals surface area contributed by atoms with Gasteiger partial charge in [0, 0.05) is 5.30 Å². The number of hydrogen-bond donors (Lipinski definition) is 0. The molecule has 0 bridgehead atoms. The van der Waals surface area contributed by atoms with Crippen molar-refractivity contribution in [1.29, 1.82) is 0 Å². The first-order valence-corrected chi connectivity index (χ1v) is 15.6. The van der Waals surface area contributed by atoms with Crippen molar-refractivity contribution in [2.75, 3.05) is 13.3 Å². The Morgan fingerprint density at radius 2 is 0.737 bits per heavy atom. The van der Waals surface area contributed by atoms with E-state index < -0.39 is 7.14 Å². The molecule has 0 saturated carbocycles. The number of benzene rings is 7. The molecule has 1 nitrogen and oxygen atoms in total. The lowest BCUT2D eigenvalue weighted by molar-refractivity contribution is 0.588. The zero-order valence-corrected chi connectivity index (χ0v) is 22.4. The molecule has 0 atom stereocenters. The van der Waals surface area contributed by atoms with Gasteiger partial charge in [-0.3, -0.25) is 0 Å². The summed E-state index contributed by atoms with van der Waals surface area (Å²) in [5.41, 5.74) is 4.59. The molecular weight excluding hydrogens is 479 g/mol. The second-order valence-corrected chi connectivity index (χ2v) is 13.7. The van der Waals surface area contributed by atoms with Crippen LogP contribution in [0.15, 0.2) is 127 Å². The summed E-state index contributed by atoms with van der Waals surface area (Å²) in [6.45, 7) is 3.75. The Hall–Kier alpha value is -4.19. The maximum absolute atomic E-state index is 13.6. The van der Waals surface area contributed by atoms with Gasteiger partial charge in [0.1, 0.15) is 7.14 Å². The second-order valence-electron chi connectivity index (χ2n) is 10.5. The highest BCUT2D eigenvalue weighted by Gasteiger charge is 2.19. The van der Waals surface area contributed by atoms with E-state index in [2.05, 4.69) is 127 Å². The van der Waals surface area contributed by atoms with Gasteiger partial charge in [-0.25, -0.2) is 0 Å². The maximum Gasteiger partial charge on any atom is 0.109 e. The van der Waals surface area contributed by atoms with Gasteiger partial charge in [0.05, 0.1) is 0 Å². The van der Waals surface area contributed by atoms with Crippen molar-refractivity contribution >= 4 is 55.5 Å². The molecule has 0 saturated heterocycles. The molecule has 7 aromatic carbocycles. The van der Waals surface area contributed by atoms with Crippen LogP contribution >= 0.6 is 7.14 Å². The fraction of sp³-hybridized carbons (Fsp3) is 0.0556. The molecule has 0 fully saturated rings. The normalized spacial score (nSPS) is 12.1. The van der Waals surface area contributed by atoms with Crippen LogP contribution in [-0.2, 0) is 4.57 Å². The van der Waals surface area contributed by atoms with E-state index in [0.29, 0.717) is 0 Å². The summed E-state index contributed by atoms with van der Waals surface area (Å²) < 4.78 is 13.6. The highest BCUT2D eigenvalue weighted by Crippen LogP contribution is 2.44. The smallest absolute Gasteiger partial charge is 0.109 e. The van der Waals surface area contributed by atoms with Crippen LogP contribution in [0, 0.1) is 0 Å². The fourth-order valence-electron chi connectivity index (χ4n) is 5.86. The van der Waals surface area contributed by atoms with E-state index in [9.17, 15) is 4.57 Å². The molecule has 7 rings (SSSR count). The molecule has 7 aromatic rings. The summed E-state index contributed by atoms with van der Waals surface area (Å²) in [6, 6.07) is 45.5. The number of fused-ring (bicyclic) bond motifs is 4. The fourth-order valence-corrected chi connectivity index (χ4v) is 6.76. The Kier molecular flexibility index (Phi) is 5.25. The molecule has 182 valence electrons. The van der Waals surface area contributed by atoms with Crippen LogP contribution < -0.4 is 5.30 Å². The van der Waals surface area contributed by atoms with E-state index in [4.69, 9.17) is 0 Å². The predicted molar refractivity (Wildman–Crippen MR) is 166 cm³/mol. The minimum Gasteiger partial charge on any atom is -0.319 e. The standard InChI is InChI=1S/C36H27OP/c1-38(2,37)30-22-28(35-31-15-7-3-11-24(31)19-25-12-4-8-16-32(25)35)21-29(23-30)36-33-17-9-5-13-26(33)20-27-14-6-10-18-34(27)36/h3-23H,1-2H3. The highest BCUT2D eigenvalue weighted by atomic mass is 31.2. The van der Waals surface area contributed by atoms with E-state index in [1.165, 1.54) is 54.2 Å². The summed E-state index contributed by atoms with van der Waals surface area (Å²) in [5, 5.41) is 10.6. The van der Waals surface area contributed by atoms with Gasteiger partial charge in [-0.15, -0.1) is 0 Å². The van der Waals surface area contributed by atoms with Crippen molar-refractivity contribution in [3.63, 3.8) is 0 Å². The van der Waals surface area contributed by atoms with Crippen LogP contribution in [-0.4, -0.2) is 13.3 Å². The topological polar surface area (TPSA) is 17.1 Å². The zero-order valence-electron chi connectivity index (χ0n) is 21.5. The van der Waals surface area contributed by atoms with Crippen LogP contribution in [0.5, 0.6) is 0 Å². The molecule has 2 heteroatoms.